The van der Waals surface area contributed by atoms with Crippen LogP contribution in [0.2, 0.25) is 0 Å². The van der Waals surface area contributed by atoms with Gasteiger partial charge in [0.15, 0.2) is 0 Å². The van der Waals surface area contributed by atoms with E-state index in [1.165, 1.54) is 0 Å². The summed E-state index contributed by atoms with van der Waals surface area (Å²) in [6.45, 7) is 3.50. The van der Waals surface area contributed by atoms with E-state index in [9.17, 15) is 5.11 Å². The predicted octanol–water partition coefficient (Wildman–Crippen LogP) is 3.81. The second-order valence-corrected chi connectivity index (χ2v) is 6.95. The standard InChI is InChI=1S/C19H22BrN3O/c1-2-3-12-22-16-6-4-5-7-17(16)23(19(22)21)13-18(24)14-8-10-15(20)11-9-14/h4-11,18,21,24H,2-3,12-13H2,1H3/p+1. The maximum absolute atomic E-state index is 10.6. The summed E-state index contributed by atoms with van der Waals surface area (Å²) >= 11 is 3.42. The molecule has 5 heteroatoms. The minimum Gasteiger partial charge on any atom is -0.385 e. The van der Waals surface area contributed by atoms with E-state index in [2.05, 4.69) is 39.6 Å². The number of nitrogens with zero attached hydrogens (tertiary/aromatic N) is 2. The quantitative estimate of drug-likeness (QED) is 0.630. The molecule has 126 valence electrons. The number of nitrogens with two attached hydrogens (primary N) is 1. The Kier molecular flexibility index (Phi) is 5.21. The van der Waals surface area contributed by atoms with Gasteiger partial charge in [-0.05, 0) is 36.2 Å². The Morgan fingerprint density at radius 2 is 1.88 bits per heavy atom. The number of hydrogen-bond donors (Lipinski definition) is 2. The molecule has 0 aliphatic heterocycles. The van der Waals surface area contributed by atoms with E-state index in [0.717, 1.165) is 40.5 Å². The monoisotopic (exact) mass is 388 g/mol. The molecular formula is C19H23BrN3O+. The number of unbranched alkanes of at least 4 members (excludes halogenated alkanes) is 1. The highest BCUT2D eigenvalue weighted by Crippen LogP contribution is 2.21. The van der Waals surface area contributed by atoms with Crippen molar-refractivity contribution < 1.29 is 9.67 Å². The normalized spacial score (nSPS) is 12.6. The van der Waals surface area contributed by atoms with Gasteiger partial charge in [0.05, 0.1) is 6.54 Å². The lowest BCUT2D eigenvalue weighted by atomic mass is 10.1. The second kappa shape index (κ2) is 7.36. The maximum Gasteiger partial charge on any atom is 0.356 e. The van der Waals surface area contributed by atoms with Crippen molar-refractivity contribution in [2.45, 2.75) is 39.0 Å². The molecule has 1 aromatic heterocycles. The number of nitrogen functional groups attached to an aromatic ring is 1. The molecule has 0 spiro atoms. The molecule has 0 amide bonds. The lowest BCUT2D eigenvalue weighted by Crippen LogP contribution is -2.39. The van der Waals surface area contributed by atoms with Crippen molar-refractivity contribution in [2.24, 2.45) is 0 Å². The summed E-state index contributed by atoms with van der Waals surface area (Å²) in [6.07, 6.45) is 1.60. The second-order valence-electron chi connectivity index (χ2n) is 6.03. The number of imidazole rings is 1. The number of aromatic nitrogens is 2. The molecule has 0 radical (unpaired) electrons. The molecule has 0 saturated carbocycles. The summed E-state index contributed by atoms with van der Waals surface area (Å²) in [5.74, 6) is 0.695. The topological polar surface area (TPSA) is 55.1 Å². The minimum atomic E-state index is -0.601. The Labute approximate surface area is 150 Å². The van der Waals surface area contributed by atoms with Crippen molar-refractivity contribution in [3.05, 3.63) is 58.6 Å². The lowest BCUT2D eigenvalue weighted by Gasteiger charge is -2.11. The molecule has 1 heterocycles. The number of hydrogen-bond acceptors (Lipinski definition) is 2. The third-order valence-corrected chi connectivity index (χ3v) is 4.89. The van der Waals surface area contributed by atoms with Gasteiger partial charge in [0.2, 0.25) is 0 Å². The fourth-order valence-electron chi connectivity index (χ4n) is 3.02. The molecule has 1 atom stereocenters. The maximum atomic E-state index is 10.6. The van der Waals surface area contributed by atoms with E-state index in [4.69, 9.17) is 5.73 Å². The summed E-state index contributed by atoms with van der Waals surface area (Å²) in [5.41, 5.74) is 9.47. The number of fused-ring (bicyclic) bond motifs is 1. The molecule has 0 aliphatic rings. The van der Waals surface area contributed by atoms with E-state index < -0.39 is 6.10 Å². The van der Waals surface area contributed by atoms with Crippen LogP contribution >= 0.6 is 15.9 Å². The van der Waals surface area contributed by atoms with E-state index in [-0.39, 0.29) is 0 Å². The summed E-state index contributed by atoms with van der Waals surface area (Å²) in [5, 5.41) is 10.6. The first kappa shape index (κ1) is 17.0. The van der Waals surface area contributed by atoms with Gasteiger partial charge in [-0.1, -0.05) is 53.5 Å². The van der Waals surface area contributed by atoms with Crippen molar-refractivity contribution in [3.63, 3.8) is 0 Å². The van der Waals surface area contributed by atoms with Crippen molar-refractivity contribution in [2.75, 3.05) is 5.73 Å². The number of aliphatic hydroxyl groups is 1. The van der Waals surface area contributed by atoms with Crippen LogP contribution in [-0.2, 0) is 13.1 Å². The molecule has 24 heavy (non-hydrogen) atoms. The molecule has 0 saturated heterocycles. The van der Waals surface area contributed by atoms with Crippen LogP contribution in [0.15, 0.2) is 53.0 Å². The van der Waals surface area contributed by atoms with Gasteiger partial charge in [-0.15, -0.1) is 0 Å². The zero-order valence-electron chi connectivity index (χ0n) is 13.8. The smallest absolute Gasteiger partial charge is 0.356 e. The molecule has 2 aromatic carbocycles. The van der Waals surface area contributed by atoms with Gasteiger partial charge in [-0.3, -0.25) is 5.73 Å². The lowest BCUT2D eigenvalue weighted by molar-refractivity contribution is -0.666. The molecular weight excluding hydrogens is 366 g/mol. The number of anilines is 1. The number of para-hydroxylation sites is 2. The van der Waals surface area contributed by atoms with Gasteiger partial charge >= 0.3 is 5.95 Å². The van der Waals surface area contributed by atoms with E-state index >= 15 is 0 Å². The molecule has 0 fully saturated rings. The third kappa shape index (κ3) is 3.32. The van der Waals surface area contributed by atoms with Gasteiger partial charge in [-0.25, -0.2) is 9.13 Å². The van der Waals surface area contributed by atoms with Crippen molar-refractivity contribution in [3.8, 4) is 0 Å². The van der Waals surface area contributed by atoms with Crippen LogP contribution in [0.3, 0.4) is 0 Å². The molecule has 3 N–H and O–H groups in total. The molecule has 0 aliphatic carbocycles. The van der Waals surface area contributed by atoms with E-state index in [0.29, 0.717) is 12.5 Å². The number of aliphatic hydroxyl groups excluding tert-OH is 1. The van der Waals surface area contributed by atoms with E-state index in [1.54, 1.807) is 0 Å². The van der Waals surface area contributed by atoms with Crippen molar-refractivity contribution >= 4 is 32.9 Å². The summed E-state index contributed by atoms with van der Waals surface area (Å²) in [7, 11) is 0. The third-order valence-electron chi connectivity index (χ3n) is 4.36. The number of halogens is 1. The Morgan fingerprint density at radius 1 is 1.17 bits per heavy atom. The highest BCUT2D eigenvalue weighted by Gasteiger charge is 2.22. The highest BCUT2D eigenvalue weighted by atomic mass is 79.9. The highest BCUT2D eigenvalue weighted by molar-refractivity contribution is 9.10. The molecule has 4 nitrogen and oxygen atoms in total. The van der Waals surface area contributed by atoms with E-state index in [1.807, 2.05) is 41.0 Å². The molecule has 3 rings (SSSR count). The Balaban J connectivity index is 1.96. The first-order valence-corrected chi connectivity index (χ1v) is 9.11. The van der Waals surface area contributed by atoms with Crippen LogP contribution in [0.1, 0.15) is 31.4 Å². The fourth-order valence-corrected chi connectivity index (χ4v) is 3.28. The Hall–Kier alpha value is -1.85. The molecule has 3 aromatic rings. The zero-order chi connectivity index (χ0) is 17.1. The fraction of sp³-hybridized carbons (Fsp3) is 0.316. The number of rotatable bonds is 6. The largest absolute Gasteiger partial charge is 0.385 e. The van der Waals surface area contributed by atoms with Crippen LogP contribution in [0.25, 0.3) is 11.0 Å². The Morgan fingerprint density at radius 3 is 2.58 bits per heavy atom. The molecule has 1 unspecified atom stereocenters. The van der Waals surface area contributed by atoms with Gasteiger partial charge in [0.25, 0.3) is 0 Å². The predicted molar refractivity (Wildman–Crippen MR) is 101 cm³/mol. The Bertz CT molecular complexity index is 826. The summed E-state index contributed by atoms with van der Waals surface area (Å²) < 4.78 is 5.16. The van der Waals surface area contributed by atoms with Crippen LogP contribution in [-0.4, -0.2) is 9.67 Å². The van der Waals surface area contributed by atoms with Crippen molar-refractivity contribution in [1.29, 1.82) is 0 Å². The van der Waals surface area contributed by atoms with Gasteiger partial charge in [-0.2, -0.15) is 0 Å². The average Bonchev–Trinajstić information content (AvgIpc) is 2.85. The van der Waals surface area contributed by atoms with Crippen LogP contribution in [0, 0.1) is 0 Å². The first-order chi connectivity index (χ1) is 11.6. The van der Waals surface area contributed by atoms with Crippen LogP contribution < -0.4 is 10.3 Å². The van der Waals surface area contributed by atoms with Crippen LogP contribution in [0.5, 0.6) is 0 Å². The van der Waals surface area contributed by atoms with Gasteiger partial charge < -0.3 is 5.11 Å². The van der Waals surface area contributed by atoms with Crippen molar-refractivity contribution in [1.82, 2.24) is 4.57 Å². The average molecular weight is 389 g/mol. The first-order valence-electron chi connectivity index (χ1n) is 8.32. The number of benzene rings is 2. The van der Waals surface area contributed by atoms with Gasteiger partial charge in [0, 0.05) is 4.47 Å². The SMILES string of the molecule is CCCCn1c(N)[n+](CC(O)c2ccc(Br)cc2)c2ccccc21. The summed E-state index contributed by atoms with van der Waals surface area (Å²) in [6, 6.07) is 15.9. The zero-order valence-corrected chi connectivity index (χ0v) is 15.4. The number of aryl methyl sites for hydroxylation is 1. The molecule has 0 bridgehead atoms. The minimum absolute atomic E-state index is 0.438. The van der Waals surface area contributed by atoms with Gasteiger partial charge in [0.1, 0.15) is 23.7 Å². The van der Waals surface area contributed by atoms with Crippen LogP contribution in [0.4, 0.5) is 5.95 Å². The summed E-state index contributed by atoms with van der Waals surface area (Å²) in [4.78, 5) is 0.